The number of halogens is 2. The maximum absolute atomic E-state index is 13.7. The molecule has 0 radical (unpaired) electrons. The number of hydrogen-bond donors (Lipinski definition) is 1. The molecule has 0 bridgehead atoms. The lowest BCUT2D eigenvalue weighted by Crippen LogP contribution is -2.35. The summed E-state index contributed by atoms with van der Waals surface area (Å²) in [7, 11) is 0. The Bertz CT molecular complexity index is 782. The summed E-state index contributed by atoms with van der Waals surface area (Å²) in [6, 6.07) is 12.9. The van der Waals surface area contributed by atoms with Gasteiger partial charge in [-0.15, -0.1) is 11.8 Å². The molecule has 3 rings (SSSR count). The van der Waals surface area contributed by atoms with Gasteiger partial charge in [0.2, 0.25) is 5.91 Å². The highest BCUT2D eigenvalue weighted by Crippen LogP contribution is 2.19. The highest BCUT2D eigenvalue weighted by atomic mass is 35.5. The van der Waals surface area contributed by atoms with E-state index in [1.807, 2.05) is 12.1 Å². The van der Waals surface area contributed by atoms with Gasteiger partial charge in [-0.2, -0.15) is 0 Å². The van der Waals surface area contributed by atoms with Crippen molar-refractivity contribution in [1.29, 1.82) is 0 Å². The molecule has 1 saturated heterocycles. The van der Waals surface area contributed by atoms with Gasteiger partial charge in [0.15, 0.2) is 0 Å². The summed E-state index contributed by atoms with van der Waals surface area (Å²) in [6.45, 7) is 4.95. The standard InChI is InChI=1S/C21H24ClFN2O2S/c22-19-6-5-18(20(23)11-19)14-28-15-21(26)24-12-16-1-3-17(4-2-16)13-25-7-9-27-10-8-25/h1-6,11H,7-10,12-15H2,(H,24,26). The molecule has 0 atom stereocenters. The lowest BCUT2D eigenvalue weighted by molar-refractivity contribution is -0.118. The smallest absolute Gasteiger partial charge is 0.230 e. The van der Waals surface area contributed by atoms with E-state index in [1.54, 1.807) is 12.1 Å². The first-order valence-corrected chi connectivity index (χ1v) is 10.8. The van der Waals surface area contributed by atoms with Crippen LogP contribution in [0.25, 0.3) is 0 Å². The molecule has 1 heterocycles. The van der Waals surface area contributed by atoms with Crippen molar-refractivity contribution >= 4 is 29.3 Å². The summed E-state index contributed by atoms with van der Waals surface area (Å²) in [5, 5.41) is 3.28. The zero-order valence-electron chi connectivity index (χ0n) is 15.6. The average Bonchev–Trinajstić information content (AvgIpc) is 2.70. The normalized spacial score (nSPS) is 14.8. The Morgan fingerprint density at radius 1 is 1.14 bits per heavy atom. The number of rotatable bonds is 8. The number of amides is 1. The molecule has 1 fully saturated rings. The Kier molecular flexibility index (Phi) is 8.15. The van der Waals surface area contributed by atoms with Gasteiger partial charge in [0, 0.05) is 37.0 Å². The van der Waals surface area contributed by atoms with E-state index in [0.29, 0.717) is 22.9 Å². The summed E-state index contributed by atoms with van der Waals surface area (Å²) >= 11 is 7.12. The number of morpholine rings is 1. The Hall–Kier alpha value is -1.60. The third kappa shape index (κ3) is 6.78. The molecule has 1 aliphatic heterocycles. The van der Waals surface area contributed by atoms with E-state index in [1.165, 1.54) is 23.4 Å². The van der Waals surface area contributed by atoms with Gasteiger partial charge >= 0.3 is 0 Å². The largest absolute Gasteiger partial charge is 0.379 e. The molecule has 7 heteroatoms. The van der Waals surface area contributed by atoms with E-state index in [9.17, 15) is 9.18 Å². The number of thioether (sulfide) groups is 1. The molecular weight excluding hydrogens is 399 g/mol. The van der Waals surface area contributed by atoms with Crippen molar-refractivity contribution in [1.82, 2.24) is 10.2 Å². The minimum absolute atomic E-state index is 0.0586. The fourth-order valence-electron chi connectivity index (χ4n) is 2.92. The number of nitrogens with one attached hydrogen (secondary N) is 1. The SMILES string of the molecule is O=C(CSCc1ccc(Cl)cc1F)NCc1ccc(CN2CCOCC2)cc1. The highest BCUT2D eigenvalue weighted by Gasteiger charge is 2.10. The van der Waals surface area contributed by atoms with Crippen molar-refractivity contribution in [3.05, 3.63) is 70.0 Å². The fraction of sp³-hybridized carbons (Fsp3) is 0.381. The summed E-state index contributed by atoms with van der Waals surface area (Å²) < 4.78 is 19.1. The van der Waals surface area contributed by atoms with Crippen molar-refractivity contribution in [2.45, 2.75) is 18.8 Å². The number of ether oxygens (including phenoxy) is 1. The second kappa shape index (κ2) is 10.8. The first-order valence-electron chi connectivity index (χ1n) is 9.26. The molecular formula is C21H24ClFN2O2S. The molecule has 2 aromatic rings. The number of carbonyl (C=O) groups is 1. The van der Waals surface area contributed by atoms with Crippen LogP contribution in [0.1, 0.15) is 16.7 Å². The molecule has 0 aromatic heterocycles. The van der Waals surface area contributed by atoms with Crippen LogP contribution in [0.15, 0.2) is 42.5 Å². The number of nitrogens with zero attached hydrogens (tertiary/aromatic N) is 1. The van der Waals surface area contributed by atoms with Crippen molar-refractivity contribution in [2.75, 3.05) is 32.1 Å². The Labute approximate surface area is 174 Å². The summed E-state index contributed by atoms with van der Waals surface area (Å²) in [6.07, 6.45) is 0. The zero-order chi connectivity index (χ0) is 19.8. The van der Waals surface area contributed by atoms with Crippen LogP contribution in [0.4, 0.5) is 4.39 Å². The molecule has 2 aromatic carbocycles. The fourth-order valence-corrected chi connectivity index (χ4v) is 3.93. The summed E-state index contributed by atoms with van der Waals surface area (Å²) in [5.41, 5.74) is 2.88. The van der Waals surface area contributed by atoms with Crippen molar-refractivity contribution in [2.24, 2.45) is 0 Å². The van der Waals surface area contributed by atoms with E-state index in [-0.39, 0.29) is 17.5 Å². The van der Waals surface area contributed by atoms with Crippen LogP contribution in [-0.4, -0.2) is 42.9 Å². The predicted molar refractivity (Wildman–Crippen MR) is 112 cm³/mol. The van der Waals surface area contributed by atoms with Crippen LogP contribution in [0.3, 0.4) is 0 Å². The van der Waals surface area contributed by atoms with E-state index in [2.05, 4.69) is 22.3 Å². The highest BCUT2D eigenvalue weighted by molar-refractivity contribution is 7.99. The van der Waals surface area contributed by atoms with Crippen LogP contribution in [0, 0.1) is 5.82 Å². The van der Waals surface area contributed by atoms with Crippen LogP contribution in [0.5, 0.6) is 0 Å². The van der Waals surface area contributed by atoms with Gasteiger partial charge in [-0.25, -0.2) is 4.39 Å². The molecule has 0 aliphatic carbocycles. The maximum Gasteiger partial charge on any atom is 0.230 e. The van der Waals surface area contributed by atoms with Gasteiger partial charge in [-0.3, -0.25) is 9.69 Å². The molecule has 1 amide bonds. The first-order chi connectivity index (χ1) is 13.6. The molecule has 1 aliphatic rings. The molecule has 1 N–H and O–H groups in total. The number of benzene rings is 2. The van der Waals surface area contributed by atoms with Gasteiger partial charge in [0.25, 0.3) is 0 Å². The first kappa shape index (κ1) is 21.1. The minimum atomic E-state index is -0.336. The van der Waals surface area contributed by atoms with Crippen LogP contribution in [-0.2, 0) is 28.4 Å². The van der Waals surface area contributed by atoms with Gasteiger partial charge in [-0.1, -0.05) is 41.9 Å². The third-order valence-electron chi connectivity index (χ3n) is 4.53. The topological polar surface area (TPSA) is 41.6 Å². The number of carbonyl (C=O) groups excluding carboxylic acids is 1. The van der Waals surface area contributed by atoms with E-state index in [4.69, 9.17) is 16.3 Å². The lowest BCUT2D eigenvalue weighted by Gasteiger charge is -2.26. The predicted octanol–water partition coefficient (Wildman–Crippen LogP) is 3.86. The minimum Gasteiger partial charge on any atom is -0.379 e. The number of hydrogen-bond acceptors (Lipinski definition) is 4. The lowest BCUT2D eigenvalue weighted by atomic mass is 10.1. The Balaban J connectivity index is 1.36. The Morgan fingerprint density at radius 2 is 1.86 bits per heavy atom. The van der Waals surface area contributed by atoms with Gasteiger partial charge in [0.05, 0.1) is 19.0 Å². The van der Waals surface area contributed by atoms with Gasteiger partial charge < -0.3 is 10.1 Å². The van der Waals surface area contributed by atoms with E-state index >= 15 is 0 Å². The van der Waals surface area contributed by atoms with Gasteiger partial charge in [0.1, 0.15) is 5.82 Å². The molecule has 0 saturated carbocycles. The monoisotopic (exact) mass is 422 g/mol. The quantitative estimate of drug-likeness (QED) is 0.701. The Morgan fingerprint density at radius 3 is 2.57 bits per heavy atom. The maximum atomic E-state index is 13.7. The molecule has 150 valence electrons. The van der Waals surface area contributed by atoms with E-state index < -0.39 is 0 Å². The van der Waals surface area contributed by atoms with Crippen molar-refractivity contribution in [3.8, 4) is 0 Å². The second-order valence-corrected chi connectivity index (χ2v) is 8.13. The van der Waals surface area contributed by atoms with Crippen LogP contribution in [0.2, 0.25) is 5.02 Å². The van der Waals surface area contributed by atoms with Crippen molar-refractivity contribution in [3.63, 3.8) is 0 Å². The molecule has 0 unspecified atom stereocenters. The zero-order valence-corrected chi connectivity index (χ0v) is 17.2. The summed E-state index contributed by atoms with van der Waals surface area (Å²) in [5.74, 6) is 0.332. The van der Waals surface area contributed by atoms with Crippen LogP contribution >= 0.6 is 23.4 Å². The second-order valence-electron chi connectivity index (χ2n) is 6.71. The summed E-state index contributed by atoms with van der Waals surface area (Å²) in [4.78, 5) is 14.4. The molecule has 4 nitrogen and oxygen atoms in total. The molecule has 0 spiro atoms. The average molecular weight is 423 g/mol. The molecule has 28 heavy (non-hydrogen) atoms. The van der Waals surface area contributed by atoms with Gasteiger partial charge in [-0.05, 0) is 28.8 Å². The third-order valence-corrected chi connectivity index (χ3v) is 5.74. The van der Waals surface area contributed by atoms with E-state index in [0.717, 1.165) is 38.4 Å². The van der Waals surface area contributed by atoms with Crippen LogP contribution < -0.4 is 5.32 Å². The van der Waals surface area contributed by atoms with Crippen molar-refractivity contribution < 1.29 is 13.9 Å².